The molecule has 0 aromatic heterocycles. The van der Waals surface area contributed by atoms with Gasteiger partial charge < -0.3 is 0 Å². The average Bonchev–Trinajstić information content (AvgIpc) is 2.53. The summed E-state index contributed by atoms with van der Waals surface area (Å²) in [5.41, 5.74) is 0. The van der Waals surface area contributed by atoms with Crippen molar-refractivity contribution in [3.63, 3.8) is 0 Å². The second-order valence-corrected chi connectivity index (χ2v) is 9.19. The lowest BCUT2D eigenvalue weighted by Gasteiger charge is -2.49. The minimum Gasteiger partial charge on any atom is -0.294 e. The molecule has 0 spiro atoms. The molecule has 3 rings (SSSR count). The molecule has 3 fully saturated rings. The quantitative estimate of drug-likeness (QED) is 0.616. The van der Waals surface area contributed by atoms with Gasteiger partial charge in [0.05, 0.1) is 0 Å². The van der Waals surface area contributed by atoms with E-state index >= 15 is 0 Å². The summed E-state index contributed by atoms with van der Waals surface area (Å²) in [6.45, 7) is 7.39. The molecule has 0 aromatic carbocycles. The first-order valence-corrected chi connectivity index (χ1v) is 10.4. The lowest BCUT2D eigenvalue weighted by Crippen LogP contribution is -2.52. The zero-order valence-corrected chi connectivity index (χ0v) is 15.4. The van der Waals surface area contributed by atoms with E-state index in [1.165, 1.54) is 77.0 Å². The first-order valence-electron chi connectivity index (χ1n) is 10.4. The predicted molar refractivity (Wildman–Crippen MR) is 96.1 cm³/mol. The van der Waals surface area contributed by atoms with Gasteiger partial charge in [-0.25, -0.2) is 0 Å². The topological polar surface area (TPSA) is 3.24 Å². The SMILES string of the molecule is CC1CCC(N(C2CCC(C)CC2)C2CCC(C)CC2)CC1. The largest absolute Gasteiger partial charge is 0.294 e. The van der Waals surface area contributed by atoms with Crippen LogP contribution < -0.4 is 0 Å². The second kappa shape index (κ2) is 7.69. The van der Waals surface area contributed by atoms with E-state index in [1.807, 2.05) is 0 Å². The summed E-state index contributed by atoms with van der Waals surface area (Å²) < 4.78 is 0. The van der Waals surface area contributed by atoms with Gasteiger partial charge in [-0.1, -0.05) is 20.8 Å². The van der Waals surface area contributed by atoms with Gasteiger partial charge >= 0.3 is 0 Å². The molecule has 0 aliphatic heterocycles. The van der Waals surface area contributed by atoms with Crippen molar-refractivity contribution in [1.82, 2.24) is 4.90 Å². The summed E-state index contributed by atoms with van der Waals surface area (Å²) in [5, 5.41) is 0. The maximum absolute atomic E-state index is 3.10. The van der Waals surface area contributed by atoms with Crippen molar-refractivity contribution < 1.29 is 0 Å². The van der Waals surface area contributed by atoms with Crippen LogP contribution in [0.3, 0.4) is 0 Å². The molecule has 22 heavy (non-hydrogen) atoms. The first kappa shape index (κ1) is 16.8. The van der Waals surface area contributed by atoms with Gasteiger partial charge in [0.25, 0.3) is 0 Å². The van der Waals surface area contributed by atoms with Gasteiger partial charge in [-0.3, -0.25) is 4.90 Å². The molecule has 0 N–H and O–H groups in total. The predicted octanol–water partition coefficient (Wildman–Crippen LogP) is 6.02. The Kier molecular flexibility index (Phi) is 5.87. The highest BCUT2D eigenvalue weighted by Crippen LogP contribution is 2.38. The molecule has 0 aromatic rings. The van der Waals surface area contributed by atoms with Crippen LogP contribution >= 0.6 is 0 Å². The number of hydrogen-bond acceptors (Lipinski definition) is 1. The summed E-state index contributed by atoms with van der Waals surface area (Å²) in [6, 6.07) is 2.77. The van der Waals surface area contributed by atoms with Crippen molar-refractivity contribution in [2.24, 2.45) is 17.8 Å². The molecule has 0 unspecified atom stereocenters. The summed E-state index contributed by atoms with van der Waals surface area (Å²) in [6.07, 6.45) is 17.8. The van der Waals surface area contributed by atoms with Crippen LogP contribution in [0.25, 0.3) is 0 Å². The molecule has 128 valence electrons. The third kappa shape index (κ3) is 4.08. The van der Waals surface area contributed by atoms with Gasteiger partial charge in [-0.15, -0.1) is 0 Å². The van der Waals surface area contributed by atoms with Gasteiger partial charge in [0, 0.05) is 18.1 Å². The minimum absolute atomic E-state index is 0.924. The van der Waals surface area contributed by atoms with Crippen LogP contribution in [0.1, 0.15) is 97.8 Å². The van der Waals surface area contributed by atoms with Crippen LogP contribution in [0.15, 0.2) is 0 Å². The minimum atomic E-state index is 0.924. The summed E-state index contributed by atoms with van der Waals surface area (Å²) in [7, 11) is 0. The van der Waals surface area contributed by atoms with Crippen molar-refractivity contribution in [2.75, 3.05) is 0 Å². The molecule has 0 bridgehead atoms. The summed E-state index contributed by atoms with van der Waals surface area (Å²) in [4.78, 5) is 3.10. The van der Waals surface area contributed by atoms with Gasteiger partial charge in [0.1, 0.15) is 0 Å². The Morgan fingerprint density at radius 1 is 0.409 bits per heavy atom. The number of rotatable bonds is 3. The molecular formula is C21H39N. The van der Waals surface area contributed by atoms with Gasteiger partial charge in [-0.2, -0.15) is 0 Å². The first-order chi connectivity index (χ1) is 10.6. The highest BCUT2D eigenvalue weighted by molar-refractivity contribution is 4.91. The van der Waals surface area contributed by atoms with E-state index in [-0.39, 0.29) is 0 Å². The molecule has 3 saturated carbocycles. The normalized spacial score (nSPS) is 44.2. The molecule has 0 amide bonds. The van der Waals surface area contributed by atoms with Gasteiger partial charge in [0.15, 0.2) is 0 Å². The zero-order chi connectivity index (χ0) is 15.5. The smallest absolute Gasteiger partial charge is 0.0101 e. The lowest BCUT2D eigenvalue weighted by molar-refractivity contribution is 0.00680. The van der Waals surface area contributed by atoms with Crippen LogP contribution in [0.5, 0.6) is 0 Å². The van der Waals surface area contributed by atoms with E-state index in [0.717, 1.165) is 35.9 Å². The van der Waals surface area contributed by atoms with Crippen LogP contribution in [0.2, 0.25) is 0 Å². The molecule has 3 aliphatic rings. The number of nitrogens with zero attached hydrogens (tertiary/aromatic N) is 1. The maximum Gasteiger partial charge on any atom is 0.0101 e. The van der Waals surface area contributed by atoms with Gasteiger partial charge in [-0.05, 0) is 94.8 Å². The highest BCUT2D eigenvalue weighted by Gasteiger charge is 2.36. The molecule has 0 heterocycles. The fourth-order valence-electron chi connectivity index (χ4n) is 5.52. The highest BCUT2D eigenvalue weighted by atomic mass is 15.2. The fraction of sp³-hybridized carbons (Fsp3) is 1.00. The second-order valence-electron chi connectivity index (χ2n) is 9.19. The third-order valence-corrected chi connectivity index (χ3v) is 7.22. The van der Waals surface area contributed by atoms with Crippen molar-refractivity contribution in [1.29, 1.82) is 0 Å². The standard InChI is InChI=1S/C21H39N/c1-16-4-10-19(11-5-16)22(20-12-6-17(2)7-13-20)21-14-8-18(3)9-15-21/h16-21H,4-15H2,1-3H3. The molecule has 1 nitrogen and oxygen atoms in total. The Balaban J connectivity index is 1.67. The van der Waals surface area contributed by atoms with E-state index in [1.54, 1.807) is 0 Å². The van der Waals surface area contributed by atoms with Crippen LogP contribution in [-0.4, -0.2) is 23.0 Å². The van der Waals surface area contributed by atoms with Crippen molar-refractivity contribution in [3.05, 3.63) is 0 Å². The molecule has 0 saturated heterocycles. The van der Waals surface area contributed by atoms with E-state index in [9.17, 15) is 0 Å². The van der Waals surface area contributed by atoms with Gasteiger partial charge in [0.2, 0.25) is 0 Å². The Hall–Kier alpha value is -0.0400. The van der Waals surface area contributed by atoms with Crippen LogP contribution in [-0.2, 0) is 0 Å². The Bertz CT molecular complexity index is 262. The molecular weight excluding hydrogens is 266 g/mol. The van der Waals surface area contributed by atoms with E-state index in [0.29, 0.717) is 0 Å². The molecule has 1 heteroatoms. The Labute approximate surface area is 139 Å². The van der Waals surface area contributed by atoms with Crippen molar-refractivity contribution in [2.45, 2.75) is 116 Å². The number of hydrogen-bond donors (Lipinski definition) is 0. The van der Waals surface area contributed by atoms with E-state index in [2.05, 4.69) is 25.7 Å². The lowest BCUT2D eigenvalue weighted by atomic mass is 9.79. The fourth-order valence-corrected chi connectivity index (χ4v) is 5.52. The van der Waals surface area contributed by atoms with E-state index < -0.39 is 0 Å². The average molecular weight is 306 g/mol. The Morgan fingerprint density at radius 2 is 0.636 bits per heavy atom. The van der Waals surface area contributed by atoms with Crippen LogP contribution in [0, 0.1) is 17.8 Å². The van der Waals surface area contributed by atoms with Crippen LogP contribution in [0.4, 0.5) is 0 Å². The van der Waals surface area contributed by atoms with Crippen molar-refractivity contribution in [3.8, 4) is 0 Å². The van der Waals surface area contributed by atoms with E-state index in [4.69, 9.17) is 0 Å². The molecule has 0 atom stereocenters. The summed E-state index contributed by atoms with van der Waals surface area (Å²) >= 11 is 0. The third-order valence-electron chi connectivity index (χ3n) is 7.22. The molecule has 3 aliphatic carbocycles. The molecule has 0 radical (unpaired) electrons. The monoisotopic (exact) mass is 305 g/mol. The summed E-state index contributed by atoms with van der Waals surface area (Å²) in [5.74, 6) is 2.95. The van der Waals surface area contributed by atoms with Crippen molar-refractivity contribution >= 4 is 0 Å². The maximum atomic E-state index is 3.10. The Morgan fingerprint density at radius 3 is 0.864 bits per heavy atom. The zero-order valence-electron chi connectivity index (χ0n) is 15.4.